The molecule has 4 nitrogen and oxygen atoms in total. The Kier molecular flexibility index (Phi) is 3.90. The Morgan fingerprint density at radius 1 is 1.20 bits per heavy atom. The minimum Gasteiger partial charge on any atom is -0.497 e. The van der Waals surface area contributed by atoms with Gasteiger partial charge in [0.2, 0.25) is 0 Å². The highest BCUT2D eigenvalue weighted by molar-refractivity contribution is 7.80. The van der Waals surface area contributed by atoms with E-state index < -0.39 is 0 Å². The number of anilines is 1. The molecule has 20 heavy (non-hydrogen) atoms. The molecule has 0 unspecified atom stereocenters. The minimum absolute atomic E-state index is 0.149. The first kappa shape index (κ1) is 14.7. The molecule has 0 bridgehead atoms. The molecule has 0 fully saturated rings. The number of hydrogen-bond donors (Lipinski definition) is 1. The summed E-state index contributed by atoms with van der Waals surface area (Å²) >= 11 is 5.50. The normalized spacial score (nSPS) is 17.4. The number of methoxy groups -OCH3 is 2. The summed E-state index contributed by atoms with van der Waals surface area (Å²) in [6.07, 6.45) is 2.14. The van der Waals surface area contributed by atoms with Crippen LogP contribution in [0.2, 0.25) is 0 Å². The van der Waals surface area contributed by atoms with Crippen LogP contribution in [-0.2, 0) is 0 Å². The summed E-state index contributed by atoms with van der Waals surface area (Å²) in [4.78, 5) is 1.96. The highest BCUT2D eigenvalue weighted by atomic mass is 32.1. The van der Waals surface area contributed by atoms with Gasteiger partial charge in [-0.05, 0) is 51.2 Å². The first-order valence-electron chi connectivity index (χ1n) is 6.42. The molecule has 108 valence electrons. The van der Waals surface area contributed by atoms with Crippen LogP contribution in [0.15, 0.2) is 30.0 Å². The van der Waals surface area contributed by atoms with Crippen molar-refractivity contribution in [1.29, 1.82) is 0 Å². The summed E-state index contributed by atoms with van der Waals surface area (Å²) in [6, 6.07) is 5.66. The Labute approximate surface area is 125 Å². The van der Waals surface area contributed by atoms with Crippen molar-refractivity contribution in [3.8, 4) is 11.5 Å². The van der Waals surface area contributed by atoms with Crippen LogP contribution >= 0.6 is 12.2 Å². The zero-order chi connectivity index (χ0) is 14.9. The number of thiocarbonyl (C=S) groups is 1. The van der Waals surface area contributed by atoms with E-state index >= 15 is 0 Å². The number of benzene rings is 1. The lowest BCUT2D eigenvalue weighted by Crippen LogP contribution is -2.53. The Morgan fingerprint density at radius 3 is 2.45 bits per heavy atom. The quantitative estimate of drug-likeness (QED) is 0.866. The summed E-state index contributed by atoms with van der Waals surface area (Å²) in [7, 11) is 3.29. The van der Waals surface area contributed by atoms with Gasteiger partial charge in [-0.1, -0.05) is 0 Å². The molecular formula is C15H20N2O2S. The Bertz CT molecular complexity index is 567. The Morgan fingerprint density at radius 2 is 1.90 bits per heavy atom. The van der Waals surface area contributed by atoms with Crippen molar-refractivity contribution in [3.63, 3.8) is 0 Å². The molecule has 0 aromatic heterocycles. The Balaban J connectivity index is 2.52. The van der Waals surface area contributed by atoms with E-state index in [1.807, 2.05) is 30.0 Å². The summed E-state index contributed by atoms with van der Waals surface area (Å²) < 4.78 is 10.7. The van der Waals surface area contributed by atoms with E-state index in [9.17, 15) is 0 Å². The van der Waals surface area contributed by atoms with Gasteiger partial charge in [0, 0.05) is 11.8 Å². The third-order valence-electron chi connectivity index (χ3n) is 3.18. The largest absolute Gasteiger partial charge is 0.497 e. The molecule has 1 N–H and O–H groups in total. The van der Waals surface area contributed by atoms with Crippen molar-refractivity contribution in [3.05, 3.63) is 30.0 Å². The predicted octanol–water partition coefficient (Wildman–Crippen LogP) is 3.08. The van der Waals surface area contributed by atoms with Gasteiger partial charge in [0.1, 0.15) is 11.5 Å². The third-order valence-corrected chi connectivity index (χ3v) is 3.47. The van der Waals surface area contributed by atoms with Crippen LogP contribution in [0.3, 0.4) is 0 Å². The van der Waals surface area contributed by atoms with Gasteiger partial charge >= 0.3 is 0 Å². The van der Waals surface area contributed by atoms with E-state index in [0.717, 1.165) is 22.9 Å². The molecule has 0 saturated carbocycles. The molecule has 0 saturated heterocycles. The summed E-state index contributed by atoms with van der Waals surface area (Å²) in [6.45, 7) is 6.21. The number of nitrogens with one attached hydrogen (secondary N) is 1. The van der Waals surface area contributed by atoms with E-state index in [1.54, 1.807) is 14.2 Å². The van der Waals surface area contributed by atoms with E-state index in [-0.39, 0.29) is 5.54 Å². The van der Waals surface area contributed by atoms with E-state index in [2.05, 4.69) is 25.2 Å². The van der Waals surface area contributed by atoms with Crippen LogP contribution in [0.1, 0.15) is 20.8 Å². The maximum absolute atomic E-state index is 5.50. The molecule has 1 aliphatic heterocycles. The zero-order valence-electron chi connectivity index (χ0n) is 12.5. The summed E-state index contributed by atoms with van der Waals surface area (Å²) in [5.41, 5.74) is 1.78. The van der Waals surface area contributed by atoms with Crippen LogP contribution in [0, 0.1) is 0 Å². The molecule has 2 rings (SSSR count). The highest BCUT2D eigenvalue weighted by Gasteiger charge is 2.29. The van der Waals surface area contributed by atoms with Gasteiger partial charge in [-0.2, -0.15) is 0 Å². The standard InChI is InChI=1S/C15H20N2O2S/c1-10-9-15(2,3)16-14(20)17(10)12-8-11(18-4)6-7-13(12)19-5/h6-9H,1-5H3,(H,16,20). The second-order valence-corrected chi connectivity index (χ2v) is 5.70. The molecule has 0 spiro atoms. The van der Waals surface area contributed by atoms with E-state index in [4.69, 9.17) is 21.7 Å². The highest BCUT2D eigenvalue weighted by Crippen LogP contribution is 2.36. The van der Waals surface area contributed by atoms with Gasteiger partial charge in [-0.3, -0.25) is 4.90 Å². The number of allylic oxidation sites excluding steroid dienone is 1. The second kappa shape index (κ2) is 5.32. The maximum Gasteiger partial charge on any atom is 0.178 e. The fourth-order valence-corrected chi connectivity index (χ4v) is 2.89. The van der Waals surface area contributed by atoms with Crippen LogP contribution in [0.25, 0.3) is 0 Å². The first-order valence-corrected chi connectivity index (χ1v) is 6.82. The van der Waals surface area contributed by atoms with Crippen LogP contribution in [-0.4, -0.2) is 24.9 Å². The second-order valence-electron chi connectivity index (χ2n) is 5.31. The molecule has 0 aliphatic carbocycles. The fourth-order valence-electron chi connectivity index (χ4n) is 2.39. The van der Waals surface area contributed by atoms with Gasteiger partial charge in [0.15, 0.2) is 5.11 Å². The molecule has 0 amide bonds. The molecule has 1 aromatic rings. The van der Waals surface area contributed by atoms with Crippen molar-refractivity contribution in [2.45, 2.75) is 26.3 Å². The topological polar surface area (TPSA) is 33.7 Å². The first-order chi connectivity index (χ1) is 9.38. The molecule has 1 heterocycles. The van der Waals surface area contributed by atoms with Crippen LogP contribution in [0.5, 0.6) is 11.5 Å². The third kappa shape index (κ3) is 2.72. The molecule has 1 aromatic carbocycles. The average molecular weight is 292 g/mol. The maximum atomic E-state index is 5.50. The Hall–Kier alpha value is -1.75. The van der Waals surface area contributed by atoms with Crippen molar-refractivity contribution in [2.75, 3.05) is 19.1 Å². The van der Waals surface area contributed by atoms with Gasteiger partial charge < -0.3 is 14.8 Å². The summed E-state index contributed by atoms with van der Waals surface area (Å²) in [5, 5.41) is 3.96. The lowest BCUT2D eigenvalue weighted by atomic mass is 10.0. The molecule has 5 heteroatoms. The molecule has 0 atom stereocenters. The van der Waals surface area contributed by atoms with Crippen molar-refractivity contribution in [1.82, 2.24) is 5.32 Å². The number of ether oxygens (including phenoxy) is 2. The molecular weight excluding hydrogens is 272 g/mol. The van der Waals surface area contributed by atoms with Crippen molar-refractivity contribution in [2.24, 2.45) is 0 Å². The van der Waals surface area contributed by atoms with E-state index in [0.29, 0.717) is 5.11 Å². The monoisotopic (exact) mass is 292 g/mol. The molecule has 1 aliphatic rings. The number of nitrogens with zero attached hydrogens (tertiary/aromatic N) is 1. The lowest BCUT2D eigenvalue weighted by molar-refractivity contribution is 0.404. The lowest BCUT2D eigenvalue weighted by Gasteiger charge is -2.38. The van der Waals surface area contributed by atoms with Gasteiger partial charge in [-0.25, -0.2) is 0 Å². The number of hydrogen-bond acceptors (Lipinski definition) is 3. The minimum atomic E-state index is -0.149. The van der Waals surface area contributed by atoms with Gasteiger partial charge in [0.05, 0.1) is 25.4 Å². The number of rotatable bonds is 3. The predicted molar refractivity (Wildman–Crippen MR) is 85.6 cm³/mol. The average Bonchev–Trinajstić information content (AvgIpc) is 2.36. The van der Waals surface area contributed by atoms with Gasteiger partial charge in [-0.15, -0.1) is 0 Å². The van der Waals surface area contributed by atoms with E-state index in [1.165, 1.54) is 0 Å². The van der Waals surface area contributed by atoms with Crippen molar-refractivity contribution >= 4 is 23.0 Å². The van der Waals surface area contributed by atoms with Crippen LogP contribution in [0.4, 0.5) is 5.69 Å². The summed E-state index contributed by atoms with van der Waals surface area (Å²) in [5.74, 6) is 1.52. The smallest absolute Gasteiger partial charge is 0.178 e. The fraction of sp³-hybridized carbons (Fsp3) is 0.400. The van der Waals surface area contributed by atoms with Crippen molar-refractivity contribution < 1.29 is 9.47 Å². The van der Waals surface area contributed by atoms with Gasteiger partial charge in [0.25, 0.3) is 0 Å². The van der Waals surface area contributed by atoms with Crippen LogP contribution < -0.4 is 19.7 Å². The molecule has 0 radical (unpaired) electrons. The zero-order valence-corrected chi connectivity index (χ0v) is 13.3. The SMILES string of the molecule is COc1ccc(OC)c(N2C(=S)NC(C)(C)C=C2C)c1.